The van der Waals surface area contributed by atoms with Crippen molar-refractivity contribution in [2.75, 3.05) is 198 Å². The number of aliphatic hydroxyl groups excluding tert-OH is 37. The third-order valence-electron chi connectivity index (χ3n) is 9.82. The lowest BCUT2D eigenvalue weighted by atomic mass is 9.83. The molecule has 0 atom stereocenters. The minimum absolute atomic E-state index is 0. The molecule has 0 saturated carbocycles. The molecule has 118 heavy (non-hydrogen) atoms. The Morgan fingerprint density at radius 2 is 0.220 bits per heavy atom. The summed E-state index contributed by atoms with van der Waals surface area (Å²) in [5, 5.41) is 305. The topological polar surface area (TPSA) is 749 Å². The normalized spacial score (nSPS) is 8.03. The summed E-state index contributed by atoms with van der Waals surface area (Å²) in [4.78, 5) is 0. The molecule has 0 spiro atoms. The molecular weight excluding hydrogens is 1560 g/mol. The van der Waals surface area contributed by atoms with E-state index in [0.29, 0.717) is 19.3 Å². The van der Waals surface area contributed by atoms with Gasteiger partial charge in [0.25, 0.3) is 0 Å². The van der Waals surface area contributed by atoms with Gasteiger partial charge in [0, 0.05) is 46.9 Å². The SMILES string of the molecule is C.C.C.C.C.C.C.C.C.C.C.C.C.C.C.C.C.C.C.C.C.C.C.C.C.C.C.C.C.C.C.C.CC(CO)(CO)CCO.CC(CO)(CO)CO.CC(CO)(CO)CO.CC(CO)(CO)CO.OCC(O)CO.OCC(O)CO.OCC(O)CO.OCC(O)CO.OCC(O)CO.OCC(O)CO.OCC(O)CO.OCCC(CO)(CO)CCO. The highest BCUT2D eigenvalue weighted by Crippen LogP contribution is 2.24. The lowest BCUT2D eigenvalue weighted by molar-refractivity contribution is 0.0133. The van der Waals surface area contributed by atoms with E-state index in [1.165, 1.54) is 0 Å². The van der Waals surface area contributed by atoms with Crippen molar-refractivity contribution in [3.63, 3.8) is 0 Å². The fourth-order valence-electron chi connectivity index (χ4n) is 2.30. The van der Waals surface area contributed by atoms with Gasteiger partial charge in [-0.25, -0.2) is 0 Å². The van der Waals surface area contributed by atoms with Gasteiger partial charge in [0.1, 0.15) is 42.7 Å². The Kier molecular flexibility index (Phi) is 557. The van der Waals surface area contributed by atoms with E-state index in [1.807, 2.05) is 0 Å². The van der Waals surface area contributed by atoms with Crippen LogP contribution in [0.3, 0.4) is 0 Å². The fraction of sp³-hybridized carbons (Fsp3) is 1.00. The second-order valence-electron chi connectivity index (χ2n) is 19.4. The molecule has 0 aliphatic carbocycles. The lowest BCUT2D eigenvalue weighted by Crippen LogP contribution is -2.32. The third kappa shape index (κ3) is 246. The highest BCUT2D eigenvalue weighted by atomic mass is 16.4. The summed E-state index contributed by atoms with van der Waals surface area (Å²) in [5.74, 6) is 0. The van der Waals surface area contributed by atoms with Crippen LogP contribution in [0.15, 0.2) is 0 Å². The zero-order valence-electron chi connectivity index (χ0n) is 50.4. The predicted octanol–water partition coefficient (Wildman–Crippen LogP) is 3.67. The fourth-order valence-corrected chi connectivity index (χ4v) is 2.30. The Morgan fingerprint density at radius 3 is 0.246 bits per heavy atom. The summed E-state index contributed by atoms with van der Waals surface area (Å²) < 4.78 is 0. The van der Waals surface area contributed by atoms with Crippen LogP contribution in [0.2, 0.25) is 0 Å². The first kappa shape index (κ1) is 296. The van der Waals surface area contributed by atoms with E-state index in [4.69, 9.17) is 189 Å². The van der Waals surface area contributed by atoms with Crippen LogP contribution in [0.4, 0.5) is 0 Å². The number of hydrogen-bond donors (Lipinski definition) is 37. The maximum absolute atomic E-state index is 8.86. The van der Waals surface area contributed by atoms with Crippen molar-refractivity contribution in [3.05, 3.63) is 0 Å². The quantitative estimate of drug-likeness (QED) is 0.0446. The van der Waals surface area contributed by atoms with Gasteiger partial charge in [0.05, 0.1) is 178 Å². The van der Waals surface area contributed by atoms with Crippen LogP contribution < -0.4 is 0 Å². The van der Waals surface area contributed by atoms with Crippen molar-refractivity contribution in [1.29, 1.82) is 0 Å². The second kappa shape index (κ2) is 222. The van der Waals surface area contributed by atoms with Crippen molar-refractivity contribution in [2.45, 2.75) is 327 Å². The van der Waals surface area contributed by atoms with Crippen LogP contribution >= 0.6 is 0 Å². The zero-order valence-corrected chi connectivity index (χ0v) is 50.4. The first-order valence-corrected chi connectivity index (χ1v) is 26.2. The van der Waals surface area contributed by atoms with E-state index in [-0.39, 0.29) is 436 Å². The molecule has 0 fully saturated rings. The van der Waals surface area contributed by atoms with E-state index in [9.17, 15) is 0 Å². The minimum atomic E-state index is -0.954. The van der Waals surface area contributed by atoms with Crippen molar-refractivity contribution in [2.24, 2.45) is 27.1 Å². The van der Waals surface area contributed by atoms with E-state index < -0.39 is 69.8 Å². The van der Waals surface area contributed by atoms with Crippen LogP contribution in [0.1, 0.15) is 285 Å². The Balaban J connectivity index is -0.0000000118. The standard InChI is InChI=1S/C7H16O4.C6H14O3.3C5H12O3.7C3H8O3.32CH4/c8-3-1-7(5-10,6-11)2-4-9;1-6(4-8,5-9)2-3-7;3*1-5(2-6,3-7)4-8;7*4-1-3(6)2-5;;;;;;;;;;;;;;;;;;;;;;;;;;;;;;;;/h8-11H,1-6H2;7-9H,2-5H2,1H3;3*6-8H,2-4H2,1H3;7*3-6H,1-2H2;32*1H4. The second-order valence-corrected chi connectivity index (χ2v) is 19.4. The molecule has 0 aromatic carbocycles. The van der Waals surface area contributed by atoms with Crippen LogP contribution in [0.25, 0.3) is 0 Å². The van der Waals surface area contributed by atoms with Gasteiger partial charge in [-0.05, 0) is 19.3 Å². The molecular formula is C81H250O37. The van der Waals surface area contributed by atoms with Gasteiger partial charge in [-0.2, -0.15) is 0 Å². The van der Waals surface area contributed by atoms with Gasteiger partial charge in [-0.3, -0.25) is 0 Å². The highest BCUT2D eigenvalue weighted by Gasteiger charge is 2.27. The molecule has 0 aliphatic heterocycles. The molecule has 0 bridgehead atoms. The van der Waals surface area contributed by atoms with Crippen molar-refractivity contribution >= 4 is 0 Å². The van der Waals surface area contributed by atoms with Crippen LogP contribution in [0, 0.1) is 27.1 Å². The van der Waals surface area contributed by atoms with Gasteiger partial charge in [0.2, 0.25) is 0 Å². The summed E-state index contributed by atoms with van der Waals surface area (Å²) in [7, 11) is 0. The highest BCUT2D eigenvalue weighted by molar-refractivity contribution is 4.77. The van der Waals surface area contributed by atoms with Crippen LogP contribution in [-0.4, -0.2) is 430 Å². The summed E-state index contributed by atoms with van der Waals surface area (Å²) in [6, 6.07) is 0. The maximum Gasteiger partial charge on any atom is 0.100 e. The summed E-state index contributed by atoms with van der Waals surface area (Å²) >= 11 is 0. The zero-order chi connectivity index (χ0) is 70.9. The first-order valence-electron chi connectivity index (χ1n) is 26.2. The van der Waals surface area contributed by atoms with E-state index in [2.05, 4.69) is 0 Å². The smallest absolute Gasteiger partial charge is 0.100 e. The molecule has 0 aromatic heterocycles. The molecule has 0 radical (unpaired) electrons. The number of hydrogen-bond acceptors (Lipinski definition) is 37. The average Bonchev–Trinajstić information content (AvgIpc) is 0.902. The van der Waals surface area contributed by atoms with Gasteiger partial charge in [-0.1, -0.05) is 265 Å². The van der Waals surface area contributed by atoms with Crippen LogP contribution in [-0.2, 0) is 0 Å². The molecule has 0 heterocycles. The van der Waals surface area contributed by atoms with Gasteiger partial charge in [0.15, 0.2) is 0 Å². The Hall–Kier alpha value is -1.48. The summed E-state index contributed by atoms with van der Waals surface area (Å²) in [6.45, 7) is -0.910. The van der Waals surface area contributed by atoms with Gasteiger partial charge >= 0.3 is 0 Å². The molecule has 37 heteroatoms. The van der Waals surface area contributed by atoms with Crippen molar-refractivity contribution < 1.29 is 189 Å². The molecule has 796 valence electrons. The van der Waals surface area contributed by atoms with Crippen LogP contribution in [0.5, 0.6) is 0 Å². The molecule has 37 nitrogen and oxygen atoms in total. The largest absolute Gasteiger partial charge is 0.396 e. The molecule has 0 amide bonds. The van der Waals surface area contributed by atoms with E-state index in [1.54, 1.807) is 27.7 Å². The predicted molar refractivity (Wildman–Crippen MR) is 519 cm³/mol. The minimum Gasteiger partial charge on any atom is -0.396 e. The molecule has 0 aliphatic rings. The molecule has 0 rings (SSSR count). The average molecular weight is 1820 g/mol. The summed E-state index contributed by atoms with van der Waals surface area (Å²) in [5.41, 5.74) is -3.34. The van der Waals surface area contributed by atoms with Crippen molar-refractivity contribution in [3.8, 4) is 0 Å². The van der Waals surface area contributed by atoms with E-state index >= 15 is 0 Å². The Morgan fingerprint density at radius 1 is 0.136 bits per heavy atom. The maximum atomic E-state index is 8.86. The Bertz CT molecular complexity index is 948. The lowest BCUT2D eigenvalue weighted by Gasteiger charge is -2.27. The third-order valence-corrected chi connectivity index (χ3v) is 9.82. The summed E-state index contributed by atoms with van der Waals surface area (Å²) in [6.07, 6.45) is -5.59. The Labute approximate surface area is 739 Å². The molecule has 37 N–H and O–H groups in total. The van der Waals surface area contributed by atoms with Gasteiger partial charge in [-0.15, -0.1) is 0 Å². The molecule has 0 aromatic rings. The van der Waals surface area contributed by atoms with Gasteiger partial charge < -0.3 is 189 Å². The molecule has 0 unspecified atom stereocenters. The first-order chi connectivity index (χ1) is 40.1. The molecule has 0 saturated heterocycles. The number of rotatable bonds is 33. The number of aliphatic hydroxyl groups is 37. The monoisotopic (exact) mass is 1820 g/mol. The van der Waals surface area contributed by atoms with Crippen molar-refractivity contribution in [1.82, 2.24) is 0 Å². The van der Waals surface area contributed by atoms with E-state index in [0.717, 1.165) is 0 Å².